The number of rotatable bonds is 1. The van der Waals surface area contributed by atoms with Crippen molar-refractivity contribution in [1.29, 1.82) is 0 Å². The molecule has 1 aliphatic heterocycles. The third-order valence-corrected chi connectivity index (χ3v) is 3.96. The maximum absolute atomic E-state index is 10.8. The van der Waals surface area contributed by atoms with E-state index in [0.717, 1.165) is 44.6 Å². The molecule has 3 amide bonds. The van der Waals surface area contributed by atoms with Crippen LogP contribution < -0.4 is 11.1 Å². The molecule has 2 fully saturated rings. The second-order valence-corrected chi connectivity index (χ2v) is 8.44. The Kier molecular flexibility index (Phi) is 29.5. The molecule has 1 heterocycles. The molecule has 192 valence electrons. The Hall–Kier alpha value is -2.00. The average Bonchev–Trinajstić information content (AvgIpc) is 3.55. The van der Waals surface area contributed by atoms with Crippen molar-refractivity contribution in [3.63, 3.8) is 0 Å². The topological polar surface area (TPSA) is 116 Å². The predicted octanol–water partition coefficient (Wildman–Crippen LogP) is 1.46. The van der Waals surface area contributed by atoms with Crippen LogP contribution in [0.15, 0.2) is 0 Å². The van der Waals surface area contributed by atoms with Crippen LogP contribution in [-0.4, -0.2) is 100 Å². The first kappa shape index (κ1) is 37.3. The summed E-state index contributed by atoms with van der Waals surface area (Å²) in [7, 11) is 7.13. The van der Waals surface area contributed by atoms with Crippen molar-refractivity contribution >= 4 is 24.5 Å². The molecule has 0 aromatic rings. The fraction of sp³-hybridized carbons (Fsp3) is 0.826. The van der Waals surface area contributed by atoms with Gasteiger partial charge in [-0.05, 0) is 38.3 Å². The third kappa shape index (κ3) is 38.6. The zero-order chi connectivity index (χ0) is 26.3. The molecule has 0 bridgehead atoms. The quantitative estimate of drug-likeness (QED) is 0.611. The van der Waals surface area contributed by atoms with Gasteiger partial charge in [0.15, 0.2) is 0 Å². The zero-order valence-corrected chi connectivity index (χ0v) is 22.4. The lowest BCUT2D eigenvalue weighted by Gasteiger charge is -2.31. The second kappa shape index (κ2) is 25.3. The van der Waals surface area contributed by atoms with Crippen LogP contribution in [0.3, 0.4) is 0 Å². The summed E-state index contributed by atoms with van der Waals surface area (Å²) in [6.45, 7) is 17.9. The summed E-state index contributed by atoms with van der Waals surface area (Å²) in [5.41, 5.74) is 5.23. The number of carbonyl (C=O) groups is 4. The number of nitrogens with two attached hydrogens (primary N) is 1. The van der Waals surface area contributed by atoms with E-state index >= 15 is 0 Å². The molecule has 0 atom stereocenters. The number of piperazine rings is 1. The van der Waals surface area contributed by atoms with Gasteiger partial charge in [0.25, 0.3) is 0 Å². The maximum atomic E-state index is 10.8. The molecule has 1 aliphatic carbocycles. The molecule has 0 spiro atoms. The third-order valence-electron chi connectivity index (χ3n) is 3.96. The van der Waals surface area contributed by atoms with E-state index in [9.17, 15) is 14.4 Å². The lowest BCUT2D eigenvalue weighted by atomic mass is 10.3. The van der Waals surface area contributed by atoms with Crippen molar-refractivity contribution in [3.8, 4) is 0 Å². The van der Waals surface area contributed by atoms with Crippen molar-refractivity contribution < 1.29 is 19.2 Å². The van der Waals surface area contributed by atoms with Crippen LogP contribution in [0.4, 0.5) is 0 Å². The van der Waals surface area contributed by atoms with E-state index in [0.29, 0.717) is 0 Å². The van der Waals surface area contributed by atoms with E-state index in [1.165, 1.54) is 31.6 Å². The fourth-order valence-electron chi connectivity index (χ4n) is 1.47. The van der Waals surface area contributed by atoms with Gasteiger partial charge in [-0.2, -0.15) is 0 Å². The van der Waals surface area contributed by atoms with E-state index in [1.54, 1.807) is 28.1 Å². The molecule has 0 aromatic heterocycles. The van der Waals surface area contributed by atoms with Crippen LogP contribution in [-0.2, 0) is 19.2 Å². The molecular formula is C23H51N5O4. The number of carbonyl (C=O) groups excluding carboxylic acids is 4. The minimum absolute atomic E-state index is 0.00463. The molecule has 9 heteroatoms. The van der Waals surface area contributed by atoms with Crippen molar-refractivity contribution in [2.75, 3.05) is 60.9 Å². The van der Waals surface area contributed by atoms with Crippen LogP contribution in [0.2, 0.25) is 0 Å². The van der Waals surface area contributed by atoms with E-state index in [-0.39, 0.29) is 17.7 Å². The van der Waals surface area contributed by atoms with Crippen LogP contribution in [0.25, 0.3) is 0 Å². The Bertz CT molecular complexity index is 459. The number of likely N-dealkylation sites (N-methyl/N-ethyl adjacent to an activating group) is 1. The van der Waals surface area contributed by atoms with Gasteiger partial charge in [-0.3, -0.25) is 14.4 Å². The number of nitrogens with one attached hydrogen (secondary N) is 1. The van der Waals surface area contributed by atoms with E-state index in [2.05, 4.69) is 38.0 Å². The van der Waals surface area contributed by atoms with Crippen LogP contribution in [0, 0.1) is 11.8 Å². The van der Waals surface area contributed by atoms with Gasteiger partial charge in [-0.25, -0.2) is 0 Å². The van der Waals surface area contributed by atoms with Crippen molar-refractivity contribution in [2.24, 2.45) is 17.6 Å². The van der Waals surface area contributed by atoms with E-state index < -0.39 is 0 Å². The minimum Gasteiger partial charge on any atom is -0.359 e. The molecule has 2 rings (SSSR count). The van der Waals surface area contributed by atoms with E-state index in [4.69, 9.17) is 10.5 Å². The first-order chi connectivity index (χ1) is 14.8. The molecule has 2 aliphatic rings. The molecule has 0 unspecified atom stereocenters. The van der Waals surface area contributed by atoms with Crippen LogP contribution in [0.5, 0.6) is 0 Å². The fourth-order valence-corrected chi connectivity index (χ4v) is 1.47. The van der Waals surface area contributed by atoms with Crippen molar-refractivity contribution in [2.45, 2.75) is 54.4 Å². The van der Waals surface area contributed by atoms with Gasteiger partial charge in [0.2, 0.25) is 17.7 Å². The van der Waals surface area contributed by atoms with Gasteiger partial charge in [-0.15, -0.1) is 0 Å². The summed E-state index contributed by atoms with van der Waals surface area (Å²) in [5, 5.41) is 2.39. The zero-order valence-electron chi connectivity index (χ0n) is 22.4. The number of hydrogen-bond acceptors (Lipinski definition) is 6. The van der Waals surface area contributed by atoms with Gasteiger partial charge in [0.05, 0.1) is 0 Å². The Labute approximate surface area is 197 Å². The van der Waals surface area contributed by atoms with Gasteiger partial charge in [-0.1, -0.05) is 20.8 Å². The predicted molar refractivity (Wildman–Crippen MR) is 133 cm³/mol. The highest BCUT2D eigenvalue weighted by molar-refractivity contribution is 5.73. The van der Waals surface area contributed by atoms with E-state index in [1.807, 2.05) is 11.7 Å². The van der Waals surface area contributed by atoms with Crippen LogP contribution in [0.1, 0.15) is 54.4 Å². The summed E-state index contributed by atoms with van der Waals surface area (Å²) in [6.07, 6.45) is 2.77. The first-order valence-corrected chi connectivity index (χ1v) is 11.1. The Balaban J connectivity index is -0.000000157. The largest absolute Gasteiger partial charge is 0.359 e. The second-order valence-electron chi connectivity index (χ2n) is 8.44. The molecule has 0 radical (unpaired) electrons. The normalized spacial score (nSPS) is 14.1. The Morgan fingerprint density at radius 1 is 1.00 bits per heavy atom. The summed E-state index contributed by atoms with van der Waals surface area (Å²) in [5.74, 6) is 2.04. The molecular weight excluding hydrogens is 410 g/mol. The minimum atomic E-state index is 0.00463. The smallest absolute Gasteiger partial charge is 0.219 e. The molecule has 3 N–H and O–H groups in total. The van der Waals surface area contributed by atoms with Gasteiger partial charge >= 0.3 is 0 Å². The highest BCUT2D eigenvalue weighted by Gasteiger charge is 2.17. The van der Waals surface area contributed by atoms with Crippen LogP contribution >= 0.6 is 0 Å². The first-order valence-electron chi connectivity index (χ1n) is 11.1. The standard InChI is InChI=1S/C7H14N2O.C4H9NO.C4H9N.C4H10.C3H7NO.CH2O/c1-7(10)9-5-3-8(2)4-6-9;1-4(6)5(2)3;5-3-4-1-2-4;1-4(2)3;1-3(5)4-2;1-2/h3-6H2,1-2H3;1-3H3;4H,1-3,5H2;4H,1-3H3;1-2H3,(H,4,5);1H2. The van der Waals surface area contributed by atoms with Gasteiger partial charge in [0, 0.05) is 68.1 Å². The van der Waals surface area contributed by atoms with Crippen molar-refractivity contribution in [3.05, 3.63) is 0 Å². The summed E-state index contributed by atoms with van der Waals surface area (Å²) in [4.78, 5) is 44.2. The lowest BCUT2D eigenvalue weighted by Crippen LogP contribution is -2.46. The highest BCUT2D eigenvalue weighted by Crippen LogP contribution is 2.26. The molecule has 0 aromatic carbocycles. The van der Waals surface area contributed by atoms with Crippen molar-refractivity contribution in [1.82, 2.24) is 20.0 Å². The maximum Gasteiger partial charge on any atom is 0.219 e. The van der Waals surface area contributed by atoms with Gasteiger partial charge < -0.3 is 30.5 Å². The number of nitrogens with zero attached hydrogens (tertiary/aromatic N) is 3. The average molecular weight is 462 g/mol. The number of hydrogen-bond donors (Lipinski definition) is 2. The highest BCUT2D eigenvalue weighted by atomic mass is 16.2. The Morgan fingerprint density at radius 3 is 1.44 bits per heavy atom. The van der Waals surface area contributed by atoms with Gasteiger partial charge in [0.1, 0.15) is 6.79 Å². The summed E-state index contributed by atoms with van der Waals surface area (Å²) < 4.78 is 0. The molecule has 9 nitrogen and oxygen atoms in total. The summed E-state index contributed by atoms with van der Waals surface area (Å²) in [6, 6.07) is 0. The molecule has 1 saturated carbocycles. The SMILES string of the molecule is C=O.CC(=O)N(C)C.CC(=O)N1CCN(C)CC1.CC(C)C.CNC(C)=O.NCC1CC1. The Morgan fingerprint density at radius 2 is 1.31 bits per heavy atom. The summed E-state index contributed by atoms with van der Waals surface area (Å²) >= 11 is 0. The monoisotopic (exact) mass is 461 g/mol. The molecule has 1 saturated heterocycles. The molecule has 32 heavy (non-hydrogen) atoms. The lowest BCUT2D eigenvalue weighted by molar-refractivity contribution is -0.130. The number of amides is 3.